The van der Waals surface area contributed by atoms with Crippen LogP contribution in [0.1, 0.15) is 41.7 Å². The van der Waals surface area contributed by atoms with Gasteiger partial charge in [-0.05, 0) is 18.9 Å². The van der Waals surface area contributed by atoms with Gasteiger partial charge in [-0.25, -0.2) is 4.98 Å². The van der Waals surface area contributed by atoms with Crippen LogP contribution in [-0.2, 0) is 5.41 Å². The van der Waals surface area contributed by atoms with Gasteiger partial charge in [-0.3, -0.25) is 4.79 Å². The molecule has 0 spiro atoms. The molecule has 1 aliphatic carbocycles. The van der Waals surface area contributed by atoms with E-state index in [2.05, 4.69) is 16.4 Å². The summed E-state index contributed by atoms with van der Waals surface area (Å²) in [7, 11) is 1.70. The summed E-state index contributed by atoms with van der Waals surface area (Å²) in [6, 6.07) is 8.15. The predicted octanol–water partition coefficient (Wildman–Crippen LogP) is 3.39. The molecule has 4 nitrogen and oxygen atoms in total. The van der Waals surface area contributed by atoms with Crippen LogP contribution in [0.3, 0.4) is 0 Å². The Balaban J connectivity index is 1.81. The highest BCUT2D eigenvalue weighted by Gasteiger charge is 2.38. The number of ether oxygens (including phenoxy) is 1. The Morgan fingerprint density at radius 3 is 2.82 bits per heavy atom. The van der Waals surface area contributed by atoms with Crippen molar-refractivity contribution in [2.24, 2.45) is 0 Å². The number of thiazole rings is 1. The van der Waals surface area contributed by atoms with Crippen LogP contribution >= 0.6 is 11.3 Å². The number of benzene rings is 1. The van der Waals surface area contributed by atoms with Gasteiger partial charge in [-0.2, -0.15) is 0 Å². The first-order valence-corrected chi connectivity index (χ1v) is 8.49. The summed E-state index contributed by atoms with van der Waals surface area (Å²) in [5.41, 5.74) is 3.35. The molecular weight excluding hydrogens is 296 g/mol. The maximum Gasteiger partial charge on any atom is 0.270 e. The molecule has 116 valence electrons. The van der Waals surface area contributed by atoms with Gasteiger partial charge >= 0.3 is 0 Å². The van der Waals surface area contributed by atoms with E-state index in [0.717, 1.165) is 18.6 Å². The highest BCUT2D eigenvalue weighted by Crippen LogP contribution is 2.44. The second kappa shape index (κ2) is 6.48. The van der Waals surface area contributed by atoms with E-state index in [1.54, 1.807) is 18.0 Å². The number of carbonyl (C=O) groups is 1. The molecule has 0 aliphatic heterocycles. The molecule has 2 aromatic rings. The smallest absolute Gasteiger partial charge is 0.270 e. The van der Waals surface area contributed by atoms with Crippen molar-refractivity contribution in [1.29, 1.82) is 0 Å². The Bertz CT molecular complexity index is 634. The zero-order valence-corrected chi connectivity index (χ0v) is 13.5. The van der Waals surface area contributed by atoms with Gasteiger partial charge in [0.25, 0.3) is 5.91 Å². The third kappa shape index (κ3) is 2.86. The fourth-order valence-electron chi connectivity index (χ4n) is 3.34. The standard InChI is InChI=1S/C17H20N2O2S/c1-21-15-7-3-2-6-13(15)17(8-4-5-9-17)11-18-16(20)14-10-22-12-19-14/h2-3,6-7,10,12H,4-5,8-9,11H2,1H3,(H,18,20). The number of carbonyl (C=O) groups excluding carboxylic acids is 1. The third-order valence-electron chi connectivity index (χ3n) is 4.49. The van der Waals surface area contributed by atoms with Crippen LogP contribution in [0.15, 0.2) is 35.2 Å². The molecule has 1 aliphatic rings. The number of rotatable bonds is 5. The van der Waals surface area contributed by atoms with Crippen molar-refractivity contribution in [3.05, 3.63) is 46.4 Å². The minimum atomic E-state index is -0.0950. The molecule has 1 fully saturated rings. The number of aromatic nitrogens is 1. The van der Waals surface area contributed by atoms with Gasteiger partial charge in [0, 0.05) is 22.9 Å². The fraction of sp³-hybridized carbons (Fsp3) is 0.412. The normalized spacial score (nSPS) is 16.4. The van der Waals surface area contributed by atoms with E-state index in [1.165, 1.54) is 29.7 Å². The number of nitrogens with zero attached hydrogens (tertiary/aromatic N) is 1. The Labute approximate surface area is 134 Å². The Morgan fingerprint density at radius 1 is 1.36 bits per heavy atom. The lowest BCUT2D eigenvalue weighted by atomic mass is 9.78. The third-order valence-corrected chi connectivity index (χ3v) is 5.08. The number of methoxy groups -OCH3 is 1. The monoisotopic (exact) mass is 316 g/mol. The van der Waals surface area contributed by atoms with Crippen LogP contribution in [0.25, 0.3) is 0 Å². The van der Waals surface area contributed by atoms with E-state index in [0.29, 0.717) is 12.2 Å². The average molecular weight is 316 g/mol. The lowest BCUT2D eigenvalue weighted by Gasteiger charge is -2.31. The SMILES string of the molecule is COc1ccccc1C1(CNC(=O)c2cscn2)CCCC1. The summed E-state index contributed by atoms with van der Waals surface area (Å²) in [4.78, 5) is 16.3. The first-order chi connectivity index (χ1) is 10.7. The molecule has 1 saturated carbocycles. The van der Waals surface area contributed by atoms with Gasteiger partial charge in [0.05, 0.1) is 12.6 Å². The molecule has 5 heteroatoms. The summed E-state index contributed by atoms with van der Waals surface area (Å²) in [5, 5.41) is 4.84. The van der Waals surface area contributed by atoms with Crippen molar-refractivity contribution < 1.29 is 9.53 Å². The topological polar surface area (TPSA) is 51.2 Å². The van der Waals surface area contributed by atoms with Crippen LogP contribution in [0, 0.1) is 0 Å². The minimum Gasteiger partial charge on any atom is -0.496 e. The van der Waals surface area contributed by atoms with E-state index in [1.807, 2.05) is 18.2 Å². The molecule has 1 amide bonds. The summed E-state index contributed by atoms with van der Waals surface area (Å²) in [6.07, 6.45) is 4.52. The molecule has 22 heavy (non-hydrogen) atoms. The lowest BCUT2D eigenvalue weighted by Crippen LogP contribution is -2.39. The van der Waals surface area contributed by atoms with Crippen LogP contribution < -0.4 is 10.1 Å². The summed E-state index contributed by atoms with van der Waals surface area (Å²) < 4.78 is 5.54. The molecule has 3 rings (SSSR count). The van der Waals surface area contributed by atoms with E-state index in [-0.39, 0.29) is 11.3 Å². The van der Waals surface area contributed by atoms with E-state index in [9.17, 15) is 4.79 Å². The Morgan fingerprint density at radius 2 is 2.14 bits per heavy atom. The van der Waals surface area contributed by atoms with Gasteiger partial charge in [-0.1, -0.05) is 31.0 Å². The minimum absolute atomic E-state index is 0.0295. The lowest BCUT2D eigenvalue weighted by molar-refractivity contribution is 0.0938. The van der Waals surface area contributed by atoms with Gasteiger partial charge in [-0.15, -0.1) is 11.3 Å². The fourth-order valence-corrected chi connectivity index (χ4v) is 3.87. The Hall–Kier alpha value is -1.88. The quantitative estimate of drug-likeness (QED) is 0.920. The summed E-state index contributed by atoms with van der Waals surface area (Å²) >= 11 is 1.44. The van der Waals surface area contributed by atoms with Crippen LogP contribution in [0.4, 0.5) is 0 Å². The molecular formula is C17H20N2O2S. The van der Waals surface area contributed by atoms with Crippen LogP contribution in [-0.4, -0.2) is 24.5 Å². The number of para-hydroxylation sites is 1. The average Bonchev–Trinajstić information content (AvgIpc) is 3.25. The second-order valence-corrected chi connectivity index (χ2v) is 6.46. The molecule has 1 aromatic carbocycles. The first-order valence-electron chi connectivity index (χ1n) is 7.55. The summed E-state index contributed by atoms with van der Waals surface area (Å²) in [6.45, 7) is 0.629. The molecule has 0 atom stereocenters. The van der Waals surface area contributed by atoms with Crippen molar-refractivity contribution in [3.8, 4) is 5.75 Å². The number of amides is 1. The van der Waals surface area contributed by atoms with Gasteiger partial charge in [0.1, 0.15) is 11.4 Å². The van der Waals surface area contributed by atoms with E-state index in [4.69, 9.17) is 4.74 Å². The molecule has 0 radical (unpaired) electrons. The maximum absolute atomic E-state index is 12.2. The van der Waals surface area contributed by atoms with E-state index >= 15 is 0 Å². The van der Waals surface area contributed by atoms with Gasteiger partial charge < -0.3 is 10.1 Å². The molecule has 1 N–H and O–H groups in total. The van der Waals surface area contributed by atoms with E-state index < -0.39 is 0 Å². The molecule has 0 bridgehead atoms. The number of hydrogen-bond acceptors (Lipinski definition) is 4. The molecule has 1 aromatic heterocycles. The molecule has 0 saturated heterocycles. The predicted molar refractivity (Wildman–Crippen MR) is 87.6 cm³/mol. The maximum atomic E-state index is 12.2. The summed E-state index contributed by atoms with van der Waals surface area (Å²) in [5.74, 6) is 0.815. The number of nitrogens with one attached hydrogen (secondary N) is 1. The van der Waals surface area contributed by atoms with Crippen molar-refractivity contribution in [3.63, 3.8) is 0 Å². The number of hydrogen-bond donors (Lipinski definition) is 1. The molecule has 0 unspecified atom stereocenters. The first kappa shape index (κ1) is 15.0. The van der Waals surface area contributed by atoms with Gasteiger partial charge in [0.2, 0.25) is 0 Å². The van der Waals surface area contributed by atoms with Gasteiger partial charge in [0.15, 0.2) is 0 Å². The highest BCUT2D eigenvalue weighted by atomic mass is 32.1. The highest BCUT2D eigenvalue weighted by molar-refractivity contribution is 7.07. The van der Waals surface area contributed by atoms with Crippen molar-refractivity contribution >= 4 is 17.2 Å². The van der Waals surface area contributed by atoms with Crippen molar-refractivity contribution in [2.75, 3.05) is 13.7 Å². The van der Waals surface area contributed by atoms with Crippen LogP contribution in [0.5, 0.6) is 5.75 Å². The largest absolute Gasteiger partial charge is 0.496 e. The van der Waals surface area contributed by atoms with Crippen molar-refractivity contribution in [2.45, 2.75) is 31.1 Å². The Kier molecular flexibility index (Phi) is 4.43. The zero-order valence-electron chi connectivity index (χ0n) is 12.7. The zero-order chi connectivity index (χ0) is 15.4. The van der Waals surface area contributed by atoms with Crippen molar-refractivity contribution in [1.82, 2.24) is 10.3 Å². The van der Waals surface area contributed by atoms with Crippen LogP contribution in [0.2, 0.25) is 0 Å². The molecule has 1 heterocycles. The second-order valence-electron chi connectivity index (χ2n) is 5.74.